The molecule has 2 N–H and O–H groups in total. The van der Waals surface area contributed by atoms with Crippen molar-refractivity contribution in [3.8, 4) is 0 Å². The molecule has 8 nitrogen and oxygen atoms in total. The number of phosphoric acid groups is 1. The first-order chi connectivity index (χ1) is 27.5. The number of likely N-dealkylation sites (N-methyl/N-ethyl adjacent to an activating group) is 1. The minimum Gasteiger partial charge on any atom is -0.756 e. The predicted octanol–water partition coefficient (Wildman–Crippen LogP) is 11.7. The maximum Gasteiger partial charge on any atom is 0.268 e. The molecular weight excluding hydrogens is 732 g/mol. The molecule has 0 saturated carbocycles. The van der Waals surface area contributed by atoms with Crippen LogP contribution in [0.5, 0.6) is 0 Å². The highest BCUT2D eigenvalue weighted by Gasteiger charge is 2.23. The van der Waals surface area contributed by atoms with E-state index in [0.717, 1.165) is 83.5 Å². The van der Waals surface area contributed by atoms with Crippen LogP contribution in [-0.2, 0) is 18.4 Å². The molecule has 1 amide bonds. The van der Waals surface area contributed by atoms with Crippen LogP contribution in [0.3, 0.4) is 0 Å². The number of amides is 1. The molecule has 0 aliphatic carbocycles. The van der Waals surface area contributed by atoms with Crippen LogP contribution in [0.25, 0.3) is 0 Å². The van der Waals surface area contributed by atoms with Gasteiger partial charge in [-0.05, 0) is 89.9 Å². The minimum absolute atomic E-state index is 0.0214. The average molecular weight is 815 g/mol. The number of carbonyl (C=O) groups excluding carboxylic acids is 1. The molecule has 0 radical (unpaired) electrons. The summed E-state index contributed by atoms with van der Waals surface area (Å²) in [6, 6.07) is -0.932. The Hall–Kier alpha value is -2.58. The zero-order valence-corrected chi connectivity index (χ0v) is 37.6. The zero-order chi connectivity index (χ0) is 42.1. The highest BCUT2D eigenvalue weighted by atomic mass is 31.2. The van der Waals surface area contributed by atoms with Gasteiger partial charge in [0, 0.05) is 6.42 Å². The summed E-state index contributed by atoms with van der Waals surface area (Å²) in [6.45, 7) is 4.43. The Morgan fingerprint density at radius 3 is 1.63 bits per heavy atom. The van der Waals surface area contributed by atoms with Crippen LogP contribution < -0.4 is 10.2 Å². The summed E-state index contributed by atoms with van der Waals surface area (Å²) in [5.41, 5.74) is 0. The van der Waals surface area contributed by atoms with Crippen LogP contribution in [0.1, 0.15) is 149 Å². The van der Waals surface area contributed by atoms with Crippen molar-refractivity contribution in [2.75, 3.05) is 40.9 Å². The number of hydrogen-bond acceptors (Lipinski definition) is 6. The van der Waals surface area contributed by atoms with Crippen molar-refractivity contribution >= 4 is 13.7 Å². The second-order valence-corrected chi connectivity index (χ2v) is 17.1. The lowest BCUT2D eigenvalue weighted by Gasteiger charge is -2.29. The van der Waals surface area contributed by atoms with E-state index in [9.17, 15) is 19.4 Å². The Morgan fingerprint density at radius 2 is 1.09 bits per heavy atom. The molecule has 0 aromatic rings. The van der Waals surface area contributed by atoms with Gasteiger partial charge in [0.2, 0.25) is 5.91 Å². The summed E-state index contributed by atoms with van der Waals surface area (Å²) < 4.78 is 23.1. The van der Waals surface area contributed by atoms with E-state index >= 15 is 0 Å². The molecule has 3 unspecified atom stereocenters. The fourth-order valence-corrected chi connectivity index (χ4v) is 6.22. The Balaban J connectivity index is 4.60. The second-order valence-electron chi connectivity index (χ2n) is 15.6. The Kier molecular flexibility index (Phi) is 37.2. The molecular formula is C48H83N2O6P. The van der Waals surface area contributed by atoms with Crippen molar-refractivity contribution < 1.29 is 32.9 Å². The third-order valence-electron chi connectivity index (χ3n) is 9.01. The molecule has 0 spiro atoms. The van der Waals surface area contributed by atoms with E-state index in [0.29, 0.717) is 17.4 Å². The van der Waals surface area contributed by atoms with E-state index in [1.807, 2.05) is 27.2 Å². The molecule has 9 heteroatoms. The number of rotatable bonds is 38. The summed E-state index contributed by atoms with van der Waals surface area (Å²) >= 11 is 0. The van der Waals surface area contributed by atoms with E-state index < -0.39 is 26.6 Å². The summed E-state index contributed by atoms with van der Waals surface area (Å²) in [6.07, 6.45) is 54.5. The summed E-state index contributed by atoms with van der Waals surface area (Å²) in [4.78, 5) is 25.3. The standard InChI is InChI=1S/C48H83N2O6P/c1-6-8-10-12-14-16-18-20-22-24-25-26-28-30-32-34-36-38-40-42-48(52)49-46(45-56-57(53,54)55-44-43-50(3,4)5)47(51)41-39-37-35-33-31-29-27-23-21-19-17-15-13-11-9-7-2/h8,10,14,16,20-23,25-26,30-33,39,41,46-47,51H,6-7,9,11-13,15,17-19,24,27-29,34-38,40,42-45H2,1-5H3,(H-,49,52,53,54)/b10-8-,16-14-,22-20-,23-21+,26-25-,32-30-,33-31+,41-39+. The molecule has 0 aliphatic rings. The van der Waals surface area contributed by atoms with Crippen molar-refractivity contribution in [1.29, 1.82) is 0 Å². The largest absolute Gasteiger partial charge is 0.756 e. The van der Waals surface area contributed by atoms with Crippen LogP contribution in [0.2, 0.25) is 0 Å². The number of hydrogen-bond donors (Lipinski definition) is 2. The lowest BCUT2D eigenvalue weighted by Crippen LogP contribution is -2.45. The lowest BCUT2D eigenvalue weighted by atomic mass is 10.1. The molecule has 0 rings (SSSR count). The number of aliphatic hydroxyl groups excluding tert-OH is 1. The van der Waals surface area contributed by atoms with Gasteiger partial charge in [0.25, 0.3) is 7.82 Å². The zero-order valence-electron chi connectivity index (χ0n) is 36.7. The molecule has 0 heterocycles. The Bertz CT molecular complexity index is 1240. The SMILES string of the molecule is CC/C=C\C/C=C\C/C=C\C/C=C\C/C=C\CCCCCC(=O)NC(COP(=O)([O-])OCC[N+](C)(C)C)C(O)/C=C/CC/C=C/CC/C=C/CCCCCCCC. The smallest absolute Gasteiger partial charge is 0.268 e. The van der Waals surface area contributed by atoms with Gasteiger partial charge >= 0.3 is 0 Å². The van der Waals surface area contributed by atoms with Crippen molar-refractivity contribution in [2.45, 2.75) is 161 Å². The van der Waals surface area contributed by atoms with Gasteiger partial charge in [0.05, 0.1) is 39.9 Å². The second kappa shape index (κ2) is 38.9. The van der Waals surface area contributed by atoms with E-state index in [1.54, 1.807) is 6.08 Å². The molecule has 57 heavy (non-hydrogen) atoms. The fourth-order valence-electron chi connectivity index (χ4n) is 5.50. The van der Waals surface area contributed by atoms with Crippen LogP contribution >= 0.6 is 7.82 Å². The van der Waals surface area contributed by atoms with E-state index in [4.69, 9.17) is 9.05 Å². The van der Waals surface area contributed by atoms with Gasteiger partial charge in [-0.2, -0.15) is 0 Å². The first-order valence-corrected chi connectivity index (χ1v) is 23.6. The summed E-state index contributed by atoms with van der Waals surface area (Å²) in [5, 5.41) is 13.7. The average Bonchev–Trinajstić information content (AvgIpc) is 3.16. The van der Waals surface area contributed by atoms with Gasteiger partial charge in [0.1, 0.15) is 13.2 Å². The number of carbonyl (C=O) groups is 1. The van der Waals surface area contributed by atoms with Gasteiger partial charge in [-0.25, -0.2) is 0 Å². The van der Waals surface area contributed by atoms with Crippen molar-refractivity contribution in [1.82, 2.24) is 5.32 Å². The number of aliphatic hydroxyl groups is 1. The molecule has 326 valence electrons. The van der Waals surface area contributed by atoms with E-state index in [2.05, 4.69) is 104 Å². The van der Waals surface area contributed by atoms with Crippen LogP contribution in [0.15, 0.2) is 97.2 Å². The Labute approximate surface area is 349 Å². The van der Waals surface area contributed by atoms with Gasteiger partial charge in [-0.3, -0.25) is 9.36 Å². The first-order valence-electron chi connectivity index (χ1n) is 22.1. The third-order valence-corrected chi connectivity index (χ3v) is 9.97. The van der Waals surface area contributed by atoms with Crippen molar-refractivity contribution in [3.63, 3.8) is 0 Å². The lowest BCUT2D eigenvalue weighted by molar-refractivity contribution is -0.870. The summed E-state index contributed by atoms with van der Waals surface area (Å²) in [7, 11) is 1.19. The van der Waals surface area contributed by atoms with Gasteiger partial charge in [0.15, 0.2) is 0 Å². The molecule has 0 aliphatic heterocycles. The monoisotopic (exact) mass is 815 g/mol. The van der Waals surface area contributed by atoms with Crippen LogP contribution in [0.4, 0.5) is 0 Å². The number of quaternary nitrogens is 1. The molecule has 0 saturated heterocycles. The normalized spacial score (nSPS) is 15.3. The quantitative estimate of drug-likeness (QED) is 0.0278. The fraction of sp³-hybridized carbons (Fsp3) is 0.646. The number of unbranched alkanes of at least 4 members (excludes halogenated alkanes) is 11. The Morgan fingerprint density at radius 1 is 0.632 bits per heavy atom. The number of phosphoric ester groups is 1. The van der Waals surface area contributed by atoms with Crippen LogP contribution in [0, 0.1) is 0 Å². The number of allylic oxidation sites excluding steroid dienone is 15. The highest BCUT2D eigenvalue weighted by Crippen LogP contribution is 2.38. The van der Waals surface area contributed by atoms with Crippen molar-refractivity contribution in [2.24, 2.45) is 0 Å². The van der Waals surface area contributed by atoms with Gasteiger partial charge in [-0.1, -0.05) is 150 Å². The van der Waals surface area contributed by atoms with Crippen LogP contribution in [-0.4, -0.2) is 68.5 Å². The number of nitrogens with zero attached hydrogens (tertiary/aromatic N) is 1. The molecule has 0 bridgehead atoms. The van der Waals surface area contributed by atoms with E-state index in [1.165, 1.54) is 38.5 Å². The number of nitrogens with one attached hydrogen (secondary N) is 1. The van der Waals surface area contributed by atoms with Gasteiger partial charge in [-0.15, -0.1) is 0 Å². The molecule has 0 aromatic heterocycles. The van der Waals surface area contributed by atoms with Gasteiger partial charge < -0.3 is 28.8 Å². The first kappa shape index (κ1) is 54.4. The maximum atomic E-state index is 12.8. The maximum absolute atomic E-state index is 12.8. The van der Waals surface area contributed by atoms with Crippen molar-refractivity contribution in [3.05, 3.63) is 97.2 Å². The molecule has 3 atom stereocenters. The predicted molar refractivity (Wildman–Crippen MR) is 242 cm³/mol. The third kappa shape index (κ3) is 41.4. The topological polar surface area (TPSA) is 108 Å². The molecule has 0 aromatic carbocycles. The minimum atomic E-state index is -4.62. The van der Waals surface area contributed by atoms with E-state index in [-0.39, 0.29) is 18.9 Å². The highest BCUT2D eigenvalue weighted by molar-refractivity contribution is 7.45. The molecule has 0 fully saturated rings. The summed E-state index contributed by atoms with van der Waals surface area (Å²) in [5.74, 6) is -0.249.